The van der Waals surface area contributed by atoms with Gasteiger partial charge < -0.3 is 29.9 Å². The number of aliphatic hydroxyl groups excluding tert-OH is 2. The summed E-state index contributed by atoms with van der Waals surface area (Å²) in [4.78, 5) is 40.6. The molecule has 2 amide bonds. The molecule has 9 nitrogen and oxygen atoms in total. The van der Waals surface area contributed by atoms with Gasteiger partial charge in [0, 0.05) is 37.1 Å². The third-order valence-corrected chi connectivity index (χ3v) is 10.8. The van der Waals surface area contributed by atoms with Crippen molar-refractivity contribution in [3.8, 4) is 11.5 Å². The van der Waals surface area contributed by atoms with Gasteiger partial charge in [0.2, 0.25) is 11.8 Å². The molecule has 0 radical (unpaired) electrons. The maximum Gasteiger partial charge on any atom is 0.247 e. The van der Waals surface area contributed by atoms with E-state index in [4.69, 9.17) is 9.47 Å². The summed E-state index contributed by atoms with van der Waals surface area (Å²) >= 11 is 2.06. The van der Waals surface area contributed by atoms with Crippen molar-refractivity contribution in [2.45, 2.75) is 89.4 Å². The predicted octanol–water partition coefficient (Wildman–Crippen LogP) is 4.26. The predicted molar refractivity (Wildman–Crippen MR) is 170 cm³/mol. The second-order valence-electron chi connectivity index (χ2n) is 13.2. The summed E-state index contributed by atoms with van der Waals surface area (Å²) in [6, 6.07) is 2.59. The molecule has 236 valence electrons. The van der Waals surface area contributed by atoms with Crippen molar-refractivity contribution in [1.82, 2.24) is 10.2 Å². The first-order chi connectivity index (χ1) is 20.7. The van der Waals surface area contributed by atoms with Crippen LogP contribution in [0.3, 0.4) is 0 Å². The van der Waals surface area contributed by atoms with Crippen LogP contribution in [0.1, 0.15) is 81.5 Å². The number of carbonyl (C=O) groups excluding carboxylic acids is 3. The Labute approximate surface area is 267 Å². The molecule has 4 bridgehead atoms. The molecule has 3 atom stereocenters. The summed E-state index contributed by atoms with van der Waals surface area (Å²) in [7, 11) is 1.48. The fraction of sp³-hybridized carbons (Fsp3) is 0.667. The fourth-order valence-corrected chi connectivity index (χ4v) is 9.30. The molecule has 43 heavy (non-hydrogen) atoms. The molecule has 10 heteroatoms. The molecule has 0 spiro atoms. The van der Waals surface area contributed by atoms with Crippen LogP contribution >= 0.6 is 22.6 Å². The number of carbonyl (C=O) groups is 3. The van der Waals surface area contributed by atoms with Crippen LogP contribution in [0.15, 0.2) is 23.8 Å². The Hall–Kier alpha value is -2.18. The molecular weight excluding hydrogens is 663 g/mol. The standard InChI is InChI=1S/C33H45IN2O7/c1-3-4-5-29(39)36(19-33-15-20-8-21(16-33)10-22(9-20)17-33)26-13-24(32(41)35-6-7-37)14-27(30(26)40)43-31-25(34)11-23(18-38)12-28(31)42-2/h11-12,14,18,20-22,26-27,30,37,40H,3-10,13,15-17,19H2,1-2H3,(H,35,41). The van der Waals surface area contributed by atoms with E-state index in [1.165, 1.54) is 26.4 Å². The minimum absolute atomic E-state index is 0.0138. The average Bonchev–Trinajstić information content (AvgIpc) is 2.98. The van der Waals surface area contributed by atoms with Crippen LogP contribution in [-0.4, -0.2) is 78.3 Å². The van der Waals surface area contributed by atoms with Crippen LogP contribution in [0.5, 0.6) is 11.5 Å². The highest BCUT2D eigenvalue weighted by molar-refractivity contribution is 14.1. The van der Waals surface area contributed by atoms with E-state index < -0.39 is 18.2 Å². The fourth-order valence-electron chi connectivity index (χ4n) is 8.54. The maximum atomic E-state index is 14.0. The molecule has 1 aromatic rings. The quantitative estimate of drug-likeness (QED) is 0.207. The van der Waals surface area contributed by atoms with Gasteiger partial charge in [0.1, 0.15) is 18.5 Å². The summed E-state index contributed by atoms with van der Waals surface area (Å²) < 4.78 is 12.5. The van der Waals surface area contributed by atoms with Gasteiger partial charge in [0.25, 0.3) is 0 Å². The minimum Gasteiger partial charge on any atom is -0.493 e. The Morgan fingerprint density at radius 3 is 2.42 bits per heavy atom. The number of amides is 2. The molecule has 4 fully saturated rings. The first kappa shape index (κ1) is 32.2. The SMILES string of the molecule is CCCCC(=O)N(CC12CC3CC(CC(C3)C1)C2)C1CC(C(=O)NCCO)=CC(Oc2c(I)cc(C=O)cc2OC)C1O. The zero-order valence-electron chi connectivity index (χ0n) is 25.2. The molecule has 0 aliphatic heterocycles. The van der Waals surface area contributed by atoms with E-state index in [0.717, 1.165) is 56.1 Å². The molecule has 3 N–H and O–H groups in total. The molecular formula is C33H45IN2O7. The van der Waals surface area contributed by atoms with E-state index >= 15 is 0 Å². The third kappa shape index (κ3) is 7.06. The summed E-state index contributed by atoms with van der Waals surface area (Å²) in [6.45, 7) is 2.55. The second kappa shape index (κ2) is 13.9. The smallest absolute Gasteiger partial charge is 0.247 e. The van der Waals surface area contributed by atoms with E-state index in [1.807, 2.05) is 4.90 Å². The molecule has 5 aliphatic rings. The van der Waals surface area contributed by atoms with E-state index in [0.29, 0.717) is 39.2 Å². The van der Waals surface area contributed by atoms with Gasteiger partial charge >= 0.3 is 0 Å². The van der Waals surface area contributed by atoms with Crippen LogP contribution < -0.4 is 14.8 Å². The number of hydrogen-bond acceptors (Lipinski definition) is 7. The van der Waals surface area contributed by atoms with Gasteiger partial charge in [-0.25, -0.2) is 0 Å². The van der Waals surface area contributed by atoms with Gasteiger partial charge in [-0.15, -0.1) is 0 Å². The lowest BCUT2D eigenvalue weighted by atomic mass is 9.49. The lowest BCUT2D eigenvalue weighted by Gasteiger charge is -2.58. The van der Waals surface area contributed by atoms with Crippen molar-refractivity contribution in [1.29, 1.82) is 0 Å². The van der Waals surface area contributed by atoms with Crippen LogP contribution in [0, 0.1) is 26.7 Å². The number of halogens is 1. The summed E-state index contributed by atoms with van der Waals surface area (Å²) in [5.74, 6) is 2.51. The number of ether oxygens (including phenoxy) is 2. The lowest BCUT2D eigenvalue weighted by Crippen LogP contribution is -2.59. The molecule has 4 saturated carbocycles. The summed E-state index contributed by atoms with van der Waals surface area (Å²) in [5, 5.41) is 24.0. The highest BCUT2D eigenvalue weighted by atomic mass is 127. The van der Waals surface area contributed by atoms with Gasteiger partial charge in [-0.2, -0.15) is 0 Å². The molecule has 5 aliphatic carbocycles. The zero-order chi connectivity index (χ0) is 30.7. The first-order valence-corrected chi connectivity index (χ1v) is 16.8. The number of nitrogens with one attached hydrogen (secondary N) is 1. The Balaban J connectivity index is 1.49. The third-order valence-electron chi connectivity index (χ3n) is 9.99. The zero-order valence-corrected chi connectivity index (χ0v) is 27.4. The maximum absolute atomic E-state index is 14.0. The highest BCUT2D eigenvalue weighted by Crippen LogP contribution is 2.60. The van der Waals surface area contributed by atoms with Crippen LogP contribution in [0.2, 0.25) is 0 Å². The summed E-state index contributed by atoms with van der Waals surface area (Å²) in [5.41, 5.74) is 0.890. The van der Waals surface area contributed by atoms with Crippen molar-refractivity contribution in [2.24, 2.45) is 23.2 Å². The molecule has 0 aromatic heterocycles. The van der Waals surface area contributed by atoms with Gasteiger partial charge in [0.15, 0.2) is 11.5 Å². The van der Waals surface area contributed by atoms with Crippen molar-refractivity contribution < 1.29 is 34.1 Å². The summed E-state index contributed by atoms with van der Waals surface area (Å²) in [6.07, 6.45) is 9.81. The Morgan fingerprint density at radius 2 is 1.84 bits per heavy atom. The Bertz CT molecular complexity index is 1200. The largest absolute Gasteiger partial charge is 0.493 e. The number of nitrogens with zero attached hydrogens (tertiary/aromatic N) is 1. The van der Waals surface area contributed by atoms with Gasteiger partial charge in [-0.1, -0.05) is 13.3 Å². The topological polar surface area (TPSA) is 125 Å². The number of benzene rings is 1. The van der Waals surface area contributed by atoms with Crippen molar-refractivity contribution in [2.75, 3.05) is 26.8 Å². The number of aliphatic hydroxyl groups is 2. The normalized spacial score (nSPS) is 30.9. The van der Waals surface area contributed by atoms with E-state index in [2.05, 4.69) is 34.8 Å². The number of aldehydes is 1. The van der Waals surface area contributed by atoms with Crippen molar-refractivity contribution in [3.63, 3.8) is 0 Å². The molecule has 3 unspecified atom stereocenters. The lowest BCUT2D eigenvalue weighted by molar-refractivity contribution is -0.147. The number of rotatable bonds is 13. The number of unbranched alkanes of at least 4 members (excludes halogenated alkanes) is 1. The highest BCUT2D eigenvalue weighted by Gasteiger charge is 2.53. The molecule has 1 aromatic carbocycles. The van der Waals surface area contributed by atoms with Gasteiger partial charge in [-0.3, -0.25) is 14.4 Å². The monoisotopic (exact) mass is 708 g/mol. The van der Waals surface area contributed by atoms with E-state index in [9.17, 15) is 24.6 Å². The van der Waals surface area contributed by atoms with Crippen LogP contribution in [0.25, 0.3) is 0 Å². The molecule has 0 saturated heterocycles. The van der Waals surface area contributed by atoms with E-state index in [-0.39, 0.29) is 36.8 Å². The first-order valence-electron chi connectivity index (χ1n) is 15.8. The Morgan fingerprint density at radius 1 is 1.16 bits per heavy atom. The number of hydrogen-bond donors (Lipinski definition) is 3. The number of methoxy groups -OCH3 is 1. The minimum atomic E-state index is -1.10. The Kier molecular flexibility index (Phi) is 10.4. The molecule has 6 rings (SSSR count). The van der Waals surface area contributed by atoms with Crippen molar-refractivity contribution >= 4 is 40.7 Å². The van der Waals surface area contributed by atoms with Gasteiger partial charge in [0.05, 0.1) is 23.3 Å². The van der Waals surface area contributed by atoms with E-state index in [1.54, 1.807) is 18.2 Å². The molecule has 0 heterocycles. The van der Waals surface area contributed by atoms with Gasteiger partial charge in [-0.05, 0) is 109 Å². The van der Waals surface area contributed by atoms with Crippen LogP contribution in [-0.2, 0) is 9.59 Å². The van der Waals surface area contributed by atoms with Crippen LogP contribution in [0.4, 0.5) is 0 Å². The second-order valence-corrected chi connectivity index (χ2v) is 14.4. The van der Waals surface area contributed by atoms with Crippen molar-refractivity contribution in [3.05, 3.63) is 32.9 Å². The average molecular weight is 709 g/mol.